The Morgan fingerprint density at radius 2 is 2.00 bits per heavy atom. The quantitative estimate of drug-likeness (QED) is 0.761. The van der Waals surface area contributed by atoms with E-state index in [0.29, 0.717) is 0 Å². The number of halogens is 1. The van der Waals surface area contributed by atoms with E-state index in [1.165, 1.54) is 0 Å². The zero-order chi connectivity index (χ0) is 15.9. The first-order valence-corrected chi connectivity index (χ1v) is 7.72. The number of anilines is 2. The molecule has 0 aliphatic carbocycles. The van der Waals surface area contributed by atoms with Gasteiger partial charge >= 0.3 is 0 Å². The molecule has 1 aromatic carbocycles. The van der Waals surface area contributed by atoms with E-state index in [1.54, 1.807) is 13.3 Å². The summed E-state index contributed by atoms with van der Waals surface area (Å²) in [4.78, 5) is 9.00. The molecule has 0 aliphatic rings. The van der Waals surface area contributed by atoms with Gasteiger partial charge in [0.2, 0.25) is 0 Å². The molecule has 0 unspecified atom stereocenters. The minimum atomic E-state index is 0.746. The number of benzene rings is 1. The molecule has 2 heterocycles. The SMILES string of the molecule is COc1ccc(C)c(Nc2nc(C)n3ccnc3c2Br)c1C. The Bertz CT molecular complexity index is 857. The molecule has 0 radical (unpaired) electrons. The molecule has 5 nitrogen and oxygen atoms in total. The molecule has 6 heteroatoms. The van der Waals surface area contributed by atoms with Gasteiger partial charge in [-0.15, -0.1) is 0 Å². The van der Waals surface area contributed by atoms with Gasteiger partial charge in [0.1, 0.15) is 16.0 Å². The number of aromatic nitrogens is 3. The molecule has 0 atom stereocenters. The van der Waals surface area contributed by atoms with Gasteiger partial charge in [-0.05, 0) is 48.3 Å². The minimum Gasteiger partial charge on any atom is -0.496 e. The third-order valence-corrected chi connectivity index (χ3v) is 4.48. The van der Waals surface area contributed by atoms with Gasteiger partial charge in [-0.1, -0.05) is 6.07 Å². The van der Waals surface area contributed by atoms with E-state index in [2.05, 4.69) is 38.1 Å². The van der Waals surface area contributed by atoms with Crippen molar-refractivity contribution in [1.82, 2.24) is 14.4 Å². The van der Waals surface area contributed by atoms with E-state index in [0.717, 1.165) is 44.3 Å². The van der Waals surface area contributed by atoms with E-state index in [1.807, 2.05) is 36.6 Å². The van der Waals surface area contributed by atoms with E-state index >= 15 is 0 Å². The van der Waals surface area contributed by atoms with Crippen LogP contribution in [0.1, 0.15) is 17.0 Å². The molecule has 3 rings (SSSR count). The fourth-order valence-corrected chi connectivity index (χ4v) is 3.02. The fraction of sp³-hybridized carbons (Fsp3) is 0.250. The standard InChI is InChI=1S/C16H17BrN4O/c1-9-5-6-12(22-4)10(2)14(9)20-15-13(17)16-18-7-8-21(16)11(3)19-15/h5-8,20H,1-4H3. The minimum absolute atomic E-state index is 0.746. The number of aryl methyl sites for hydroxylation is 2. The van der Waals surface area contributed by atoms with E-state index < -0.39 is 0 Å². The zero-order valence-corrected chi connectivity index (χ0v) is 14.5. The second-order valence-electron chi connectivity index (χ2n) is 5.15. The van der Waals surface area contributed by atoms with Crippen molar-refractivity contribution in [2.24, 2.45) is 0 Å². The number of hydrogen-bond donors (Lipinski definition) is 1. The average Bonchev–Trinajstić information content (AvgIpc) is 2.99. The van der Waals surface area contributed by atoms with Crippen LogP contribution in [0.3, 0.4) is 0 Å². The lowest BCUT2D eigenvalue weighted by atomic mass is 10.1. The first-order valence-electron chi connectivity index (χ1n) is 6.93. The Morgan fingerprint density at radius 1 is 1.23 bits per heavy atom. The number of rotatable bonds is 3. The molecule has 0 spiro atoms. The smallest absolute Gasteiger partial charge is 0.156 e. The van der Waals surface area contributed by atoms with Crippen molar-refractivity contribution in [1.29, 1.82) is 0 Å². The highest BCUT2D eigenvalue weighted by molar-refractivity contribution is 9.10. The van der Waals surface area contributed by atoms with Crippen molar-refractivity contribution in [3.8, 4) is 5.75 Å². The number of fused-ring (bicyclic) bond motifs is 1. The third-order valence-electron chi connectivity index (χ3n) is 3.75. The molecular weight excluding hydrogens is 344 g/mol. The summed E-state index contributed by atoms with van der Waals surface area (Å²) in [5.74, 6) is 2.47. The number of ether oxygens (including phenoxy) is 1. The fourth-order valence-electron chi connectivity index (χ4n) is 2.54. The molecule has 3 aromatic rings. The van der Waals surface area contributed by atoms with Crippen LogP contribution in [0.25, 0.3) is 5.65 Å². The topological polar surface area (TPSA) is 51.5 Å². The maximum absolute atomic E-state index is 5.40. The highest BCUT2D eigenvalue weighted by atomic mass is 79.9. The second kappa shape index (κ2) is 5.61. The van der Waals surface area contributed by atoms with Crippen molar-refractivity contribution >= 4 is 33.1 Å². The van der Waals surface area contributed by atoms with Crippen LogP contribution in [-0.2, 0) is 0 Å². The monoisotopic (exact) mass is 360 g/mol. The van der Waals surface area contributed by atoms with Crippen molar-refractivity contribution in [3.63, 3.8) is 0 Å². The summed E-state index contributed by atoms with van der Waals surface area (Å²) in [6.45, 7) is 6.05. The number of hydrogen-bond acceptors (Lipinski definition) is 4. The molecule has 1 N–H and O–H groups in total. The summed E-state index contributed by atoms with van der Waals surface area (Å²) in [5.41, 5.74) is 4.03. The van der Waals surface area contributed by atoms with Gasteiger partial charge in [-0.2, -0.15) is 0 Å². The summed E-state index contributed by atoms with van der Waals surface area (Å²) < 4.78 is 8.18. The number of nitrogens with zero attached hydrogens (tertiary/aromatic N) is 3. The average molecular weight is 361 g/mol. The molecule has 0 bridgehead atoms. The van der Waals surface area contributed by atoms with Crippen LogP contribution in [0.4, 0.5) is 11.5 Å². The van der Waals surface area contributed by atoms with Crippen LogP contribution in [0.15, 0.2) is 29.0 Å². The van der Waals surface area contributed by atoms with Crippen LogP contribution in [0.2, 0.25) is 0 Å². The molecular formula is C16H17BrN4O. The van der Waals surface area contributed by atoms with E-state index in [4.69, 9.17) is 4.74 Å². The van der Waals surface area contributed by atoms with Crippen molar-refractivity contribution in [2.45, 2.75) is 20.8 Å². The van der Waals surface area contributed by atoms with Gasteiger partial charge in [0.15, 0.2) is 11.5 Å². The predicted octanol–water partition coefficient (Wildman–Crippen LogP) is 4.17. The number of nitrogens with one attached hydrogen (secondary N) is 1. The third kappa shape index (κ3) is 2.33. The Labute approximate surface area is 137 Å². The lowest BCUT2D eigenvalue weighted by molar-refractivity contribution is 0.412. The number of imidazole rings is 1. The van der Waals surface area contributed by atoms with Gasteiger partial charge in [0, 0.05) is 23.6 Å². The maximum Gasteiger partial charge on any atom is 0.156 e. The Morgan fingerprint density at radius 3 is 2.73 bits per heavy atom. The van der Waals surface area contributed by atoms with Gasteiger partial charge < -0.3 is 10.1 Å². The summed E-state index contributed by atoms with van der Waals surface area (Å²) in [6, 6.07) is 4.00. The first kappa shape index (κ1) is 14.8. The van der Waals surface area contributed by atoms with Crippen LogP contribution in [0, 0.1) is 20.8 Å². The summed E-state index contributed by atoms with van der Waals surface area (Å²) in [7, 11) is 1.68. The molecule has 0 saturated heterocycles. The van der Waals surface area contributed by atoms with Crippen LogP contribution in [0.5, 0.6) is 5.75 Å². The summed E-state index contributed by atoms with van der Waals surface area (Å²) >= 11 is 3.60. The second-order valence-corrected chi connectivity index (χ2v) is 5.95. The highest BCUT2D eigenvalue weighted by Crippen LogP contribution is 2.34. The normalized spacial score (nSPS) is 11.0. The lowest BCUT2D eigenvalue weighted by Gasteiger charge is -2.16. The Balaban J connectivity index is 2.13. The Kier molecular flexibility index (Phi) is 3.78. The molecule has 0 amide bonds. The molecule has 0 saturated carbocycles. The largest absolute Gasteiger partial charge is 0.496 e. The maximum atomic E-state index is 5.40. The zero-order valence-electron chi connectivity index (χ0n) is 12.9. The molecule has 114 valence electrons. The van der Waals surface area contributed by atoms with E-state index in [9.17, 15) is 0 Å². The van der Waals surface area contributed by atoms with Gasteiger partial charge in [-0.25, -0.2) is 9.97 Å². The number of methoxy groups -OCH3 is 1. The van der Waals surface area contributed by atoms with Gasteiger partial charge in [-0.3, -0.25) is 4.40 Å². The van der Waals surface area contributed by atoms with Crippen molar-refractivity contribution in [3.05, 3.63) is 46.0 Å². The van der Waals surface area contributed by atoms with Crippen LogP contribution < -0.4 is 10.1 Å². The lowest BCUT2D eigenvalue weighted by Crippen LogP contribution is -2.05. The van der Waals surface area contributed by atoms with Gasteiger partial charge in [0.05, 0.1) is 7.11 Å². The predicted molar refractivity (Wildman–Crippen MR) is 91.2 cm³/mol. The van der Waals surface area contributed by atoms with Crippen molar-refractivity contribution in [2.75, 3.05) is 12.4 Å². The molecule has 22 heavy (non-hydrogen) atoms. The summed E-state index contributed by atoms with van der Waals surface area (Å²) in [6.07, 6.45) is 3.66. The summed E-state index contributed by atoms with van der Waals surface area (Å²) in [5, 5.41) is 3.41. The molecule has 2 aromatic heterocycles. The Hall–Kier alpha value is -2.08. The first-order chi connectivity index (χ1) is 10.5. The molecule has 0 fully saturated rings. The van der Waals surface area contributed by atoms with Crippen molar-refractivity contribution < 1.29 is 4.74 Å². The van der Waals surface area contributed by atoms with Crippen LogP contribution in [-0.4, -0.2) is 21.5 Å². The highest BCUT2D eigenvalue weighted by Gasteiger charge is 2.14. The van der Waals surface area contributed by atoms with Crippen LogP contribution >= 0.6 is 15.9 Å². The van der Waals surface area contributed by atoms with E-state index in [-0.39, 0.29) is 0 Å². The van der Waals surface area contributed by atoms with Gasteiger partial charge in [0.25, 0.3) is 0 Å². The molecule has 0 aliphatic heterocycles.